The number of aromatic hydroxyl groups is 1. The molecule has 0 fully saturated rings. The minimum atomic E-state index is -0.612. The van der Waals surface area contributed by atoms with Crippen LogP contribution in [0.4, 0.5) is 0 Å². The number of pyridine rings is 1. The first-order chi connectivity index (χ1) is 14.4. The molecule has 1 N–H and O–H groups in total. The highest BCUT2D eigenvalue weighted by molar-refractivity contribution is 6.01. The zero-order valence-corrected chi connectivity index (χ0v) is 16.9. The number of rotatable bonds is 7. The van der Waals surface area contributed by atoms with Gasteiger partial charge in [0.15, 0.2) is 6.61 Å². The SMILES string of the molecule is Cc1ccc(OCC(=O)c2c(C)c(C#N)c(=O)n(CCc3ccccc3)c2O)cc1. The number of Topliss-reactive ketones (excluding diaryl/α,β-unsaturated/α-hetero) is 1. The molecule has 0 saturated carbocycles. The van der Waals surface area contributed by atoms with Crippen LogP contribution < -0.4 is 10.3 Å². The molecule has 0 aliphatic carbocycles. The van der Waals surface area contributed by atoms with E-state index in [1.165, 1.54) is 6.92 Å². The fourth-order valence-corrected chi connectivity index (χ4v) is 3.23. The van der Waals surface area contributed by atoms with E-state index in [1.807, 2.05) is 55.5 Å². The van der Waals surface area contributed by atoms with Crippen LogP contribution in [0.1, 0.15) is 32.6 Å². The van der Waals surface area contributed by atoms with E-state index >= 15 is 0 Å². The molecule has 0 radical (unpaired) electrons. The molecule has 0 amide bonds. The van der Waals surface area contributed by atoms with Crippen molar-refractivity contribution in [2.75, 3.05) is 6.61 Å². The van der Waals surface area contributed by atoms with Gasteiger partial charge in [0.1, 0.15) is 17.4 Å². The molecule has 3 aromatic rings. The molecule has 2 aromatic carbocycles. The highest BCUT2D eigenvalue weighted by Crippen LogP contribution is 2.23. The lowest BCUT2D eigenvalue weighted by atomic mass is 10.0. The first-order valence-electron chi connectivity index (χ1n) is 9.55. The summed E-state index contributed by atoms with van der Waals surface area (Å²) in [7, 11) is 0. The highest BCUT2D eigenvalue weighted by Gasteiger charge is 2.24. The van der Waals surface area contributed by atoms with E-state index in [9.17, 15) is 20.0 Å². The van der Waals surface area contributed by atoms with Crippen molar-refractivity contribution in [3.05, 3.63) is 92.8 Å². The zero-order valence-electron chi connectivity index (χ0n) is 16.9. The maximum Gasteiger partial charge on any atom is 0.271 e. The van der Waals surface area contributed by atoms with E-state index in [0.717, 1.165) is 15.7 Å². The van der Waals surface area contributed by atoms with Gasteiger partial charge in [0.2, 0.25) is 11.7 Å². The van der Waals surface area contributed by atoms with Gasteiger partial charge in [-0.15, -0.1) is 0 Å². The molecular weight excluding hydrogens is 380 g/mol. The molecule has 0 bridgehead atoms. The molecule has 6 nitrogen and oxygen atoms in total. The predicted molar refractivity (Wildman–Crippen MR) is 113 cm³/mol. The Kier molecular flexibility index (Phi) is 6.33. The largest absolute Gasteiger partial charge is 0.494 e. The number of nitriles is 1. The van der Waals surface area contributed by atoms with Gasteiger partial charge >= 0.3 is 0 Å². The second-order valence-electron chi connectivity index (χ2n) is 7.03. The van der Waals surface area contributed by atoms with Crippen LogP contribution >= 0.6 is 0 Å². The van der Waals surface area contributed by atoms with E-state index in [-0.39, 0.29) is 29.8 Å². The number of hydrogen-bond acceptors (Lipinski definition) is 5. The molecule has 0 aliphatic heterocycles. The van der Waals surface area contributed by atoms with Crippen LogP contribution in [-0.4, -0.2) is 22.1 Å². The van der Waals surface area contributed by atoms with Crippen LogP contribution in [0, 0.1) is 25.2 Å². The summed E-state index contributed by atoms with van der Waals surface area (Å²) < 4.78 is 6.61. The minimum Gasteiger partial charge on any atom is -0.494 e. The predicted octanol–water partition coefficient (Wildman–Crippen LogP) is 3.55. The van der Waals surface area contributed by atoms with Crippen LogP contribution in [0.2, 0.25) is 0 Å². The molecule has 0 unspecified atom stereocenters. The van der Waals surface area contributed by atoms with Crippen molar-refractivity contribution in [2.45, 2.75) is 26.8 Å². The summed E-state index contributed by atoms with van der Waals surface area (Å²) in [6.07, 6.45) is 0.468. The lowest BCUT2D eigenvalue weighted by Gasteiger charge is -2.16. The molecule has 0 spiro atoms. The Labute approximate surface area is 174 Å². The maximum absolute atomic E-state index is 12.8. The van der Waals surface area contributed by atoms with E-state index in [2.05, 4.69) is 0 Å². The summed E-state index contributed by atoms with van der Waals surface area (Å²) in [5, 5.41) is 20.2. The molecule has 152 valence electrons. The number of hydrogen-bond donors (Lipinski definition) is 1. The van der Waals surface area contributed by atoms with Crippen LogP contribution in [-0.2, 0) is 13.0 Å². The monoisotopic (exact) mass is 402 g/mol. The topological polar surface area (TPSA) is 92.3 Å². The van der Waals surface area contributed by atoms with Gasteiger partial charge in [-0.05, 0) is 43.5 Å². The van der Waals surface area contributed by atoms with Crippen molar-refractivity contribution in [1.82, 2.24) is 4.57 Å². The van der Waals surface area contributed by atoms with Gasteiger partial charge in [0.25, 0.3) is 5.56 Å². The number of carbonyl (C=O) groups excluding carboxylic acids is 1. The number of aromatic nitrogens is 1. The maximum atomic E-state index is 12.8. The molecule has 6 heteroatoms. The van der Waals surface area contributed by atoms with Crippen LogP contribution in [0.5, 0.6) is 11.6 Å². The molecule has 0 atom stereocenters. The summed E-state index contributed by atoms with van der Waals surface area (Å²) in [6.45, 7) is 3.25. The van der Waals surface area contributed by atoms with Crippen LogP contribution in [0.25, 0.3) is 0 Å². The number of carbonyl (C=O) groups is 1. The van der Waals surface area contributed by atoms with Gasteiger partial charge < -0.3 is 9.84 Å². The van der Waals surface area contributed by atoms with Gasteiger partial charge in [-0.25, -0.2) is 0 Å². The number of ketones is 1. The molecule has 0 aliphatic rings. The lowest BCUT2D eigenvalue weighted by molar-refractivity contribution is 0.0916. The average Bonchev–Trinajstić information content (AvgIpc) is 2.74. The minimum absolute atomic E-state index is 0.0636. The molecular formula is C24H22N2O4. The molecule has 0 saturated heterocycles. The lowest BCUT2D eigenvalue weighted by Crippen LogP contribution is -2.28. The Morgan fingerprint density at radius 1 is 1.10 bits per heavy atom. The summed E-state index contributed by atoms with van der Waals surface area (Å²) in [4.78, 5) is 25.5. The normalized spacial score (nSPS) is 10.4. The summed E-state index contributed by atoms with van der Waals surface area (Å²) >= 11 is 0. The summed E-state index contributed by atoms with van der Waals surface area (Å²) in [5.41, 5.74) is 1.36. The quantitative estimate of drug-likeness (QED) is 0.610. The molecule has 3 rings (SSSR count). The Morgan fingerprint density at radius 2 is 1.77 bits per heavy atom. The van der Waals surface area contributed by atoms with Gasteiger partial charge in [0, 0.05) is 6.54 Å². The summed E-state index contributed by atoms with van der Waals surface area (Å²) in [6, 6.07) is 18.5. The van der Waals surface area contributed by atoms with Crippen LogP contribution in [0.3, 0.4) is 0 Å². The molecule has 30 heavy (non-hydrogen) atoms. The van der Waals surface area contributed by atoms with Gasteiger partial charge in [-0.3, -0.25) is 14.2 Å². The smallest absolute Gasteiger partial charge is 0.271 e. The number of nitrogens with zero attached hydrogens (tertiary/aromatic N) is 2. The molecule has 1 heterocycles. The van der Waals surface area contributed by atoms with Gasteiger partial charge in [0.05, 0.1) is 5.56 Å². The Balaban J connectivity index is 1.90. The third-order valence-electron chi connectivity index (χ3n) is 4.94. The van der Waals surface area contributed by atoms with Crippen LogP contribution in [0.15, 0.2) is 59.4 Å². The van der Waals surface area contributed by atoms with Crippen molar-refractivity contribution in [3.63, 3.8) is 0 Å². The second kappa shape index (κ2) is 9.10. The van der Waals surface area contributed by atoms with E-state index in [4.69, 9.17) is 4.74 Å². The third-order valence-corrected chi connectivity index (χ3v) is 4.94. The second-order valence-corrected chi connectivity index (χ2v) is 7.03. The first-order valence-corrected chi connectivity index (χ1v) is 9.55. The van der Waals surface area contributed by atoms with Gasteiger partial charge in [-0.1, -0.05) is 48.0 Å². The Hall–Kier alpha value is -3.85. The highest BCUT2D eigenvalue weighted by atomic mass is 16.5. The van der Waals surface area contributed by atoms with Crippen molar-refractivity contribution in [1.29, 1.82) is 5.26 Å². The number of benzene rings is 2. The van der Waals surface area contributed by atoms with E-state index in [1.54, 1.807) is 12.1 Å². The van der Waals surface area contributed by atoms with Crippen molar-refractivity contribution < 1.29 is 14.6 Å². The fourth-order valence-electron chi connectivity index (χ4n) is 3.23. The van der Waals surface area contributed by atoms with Crippen molar-refractivity contribution in [3.8, 4) is 17.7 Å². The van der Waals surface area contributed by atoms with E-state index < -0.39 is 17.2 Å². The Morgan fingerprint density at radius 3 is 2.40 bits per heavy atom. The zero-order chi connectivity index (χ0) is 21.7. The Bertz CT molecular complexity index is 1160. The molecule has 1 aromatic heterocycles. The van der Waals surface area contributed by atoms with E-state index in [0.29, 0.717) is 12.2 Å². The van der Waals surface area contributed by atoms with Crippen molar-refractivity contribution in [2.24, 2.45) is 0 Å². The fraction of sp³-hybridized carbons (Fsp3) is 0.208. The first kappa shape index (κ1) is 20.9. The number of aryl methyl sites for hydroxylation is 2. The number of ether oxygens (including phenoxy) is 1. The summed E-state index contributed by atoms with van der Waals surface area (Å²) in [5.74, 6) is -0.426. The average molecular weight is 402 g/mol. The standard InChI is InChI=1S/C24H22N2O4/c1-16-8-10-19(11-9-16)30-15-21(27)22-17(2)20(14-25)23(28)26(24(22)29)13-12-18-6-4-3-5-7-18/h3-11,29H,12-13,15H2,1-2H3. The van der Waals surface area contributed by atoms with Crippen molar-refractivity contribution >= 4 is 5.78 Å². The third kappa shape index (κ3) is 4.41. The van der Waals surface area contributed by atoms with Gasteiger partial charge in [-0.2, -0.15) is 5.26 Å².